The largest absolute Gasteiger partial charge is 0.346 e. The molecule has 1 fully saturated rings. The molecule has 3 aromatic heterocycles. The van der Waals surface area contributed by atoms with Crippen LogP contribution in [0.1, 0.15) is 23.6 Å². The Labute approximate surface area is 227 Å². The van der Waals surface area contributed by atoms with Gasteiger partial charge in [0.05, 0.1) is 24.0 Å². The van der Waals surface area contributed by atoms with Crippen molar-refractivity contribution in [2.24, 2.45) is 0 Å². The van der Waals surface area contributed by atoms with E-state index in [1.807, 2.05) is 13.0 Å². The number of nitrogens with zero attached hydrogens (tertiary/aromatic N) is 5. The molecule has 0 radical (unpaired) electrons. The predicted molar refractivity (Wildman–Crippen MR) is 145 cm³/mol. The minimum absolute atomic E-state index is 0.354. The Kier molecular flexibility index (Phi) is 6.51. The van der Waals surface area contributed by atoms with E-state index in [1.165, 1.54) is 29.7 Å². The lowest BCUT2D eigenvalue weighted by molar-refractivity contribution is -0.0830. The number of anilines is 3. The number of imidazole rings is 1. The third kappa shape index (κ3) is 4.97. The maximum absolute atomic E-state index is 13.8. The molecule has 0 aliphatic carbocycles. The van der Waals surface area contributed by atoms with Crippen LogP contribution in [0.25, 0.3) is 22.4 Å². The van der Waals surface area contributed by atoms with Crippen LogP contribution < -0.4 is 10.6 Å². The third-order valence-electron chi connectivity index (χ3n) is 6.41. The van der Waals surface area contributed by atoms with E-state index in [-0.39, 0.29) is 5.82 Å². The van der Waals surface area contributed by atoms with E-state index in [2.05, 4.69) is 35.6 Å². The Bertz CT molecular complexity index is 1690. The van der Waals surface area contributed by atoms with Crippen molar-refractivity contribution in [1.29, 1.82) is 0 Å². The number of fused-ring (bicyclic) bond motifs is 1. The number of aromatic amines is 1. The van der Waals surface area contributed by atoms with Gasteiger partial charge in [0, 0.05) is 29.6 Å². The summed E-state index contributed by atoms with van der Waals surface area (Å²) in [4.78, 5) is 39.2. The summed E-state index contributed by atoms with van der Waals surface area (Å²) in [6.07, 6.45) is 5.09. The molecule has 1 saturated heterocycles. The number of halogens is 2. The summed E-state index contributed by atoms with van der Waals surface area (Å²) in [5.74, 6) is 0.141. The Balaban J connectivity index is 1.27. The van der Waals surface area contributed by atoms with Crippen LogP contribution in [0.5, 0.6) is 0 Å². The first-order valence-electron chi connectivity index (χ1n) is 12.1. The molecule has 2 aromatic carbocycles. The zero-order chi connectivity index (χ0) is 26.9. The highest BCUT2D eigenvalue weighted by Crippen LogP contribution is 2.35. The number of carbonyl (C=O) groups excluding carboxylic acids is 1. The van der Waals surface area contributed by atoms with E-state index in [1.54, 1.807) is 36.7 Å². The summed E-state index contributed by atoms with van der Waals surface area (Å²) < 4.78 is 13.8. The first-order chi connectivity index (χ1) is 19.0. The number of amides is 2. The van der Waals surface area contributed by atoms with E-state index in [4.69, 9.17) is 16.4 Å². The van der Waals surface area contributed by atoms with Gasteiger partial charge >= 0.3 is 6.03 Å². The average molecular weight is 545 g/mol. The number of rotatable bonds is 5. The first-order valence-corrected chi connectivity index (χ1v) is 12.5. The topological polar surface area (TPSA) is 121 Å². The van der Waals surface area contributed by atoms with Crippen LogP contribution in [0.2, 0.25) is 5.02 Å². The number of H-pyrrole nitrogens is 1. The first kappa shape index (κ1) is 24.7. The van der Waals surface area contributed by atoms with Gasteiger partial charge < -0.3 is 15.6 Å². The molecule has 4 heterocycles. The van der Waals surface area contributed by atoms with Crippen molar-refractivity contribution in [3.05, 3.63) is 89.3 Å². The zero-order valence-electron chi connectivity index (χ0n) is 20.7. The molecule has 5 aromatic rings. The molecule has 196 valence electrons. The summed E-state index contributed by atoms with van der Waals surface area (Å²) in [7, 11) is 0. The number of pyridine rings is 1. The van der Waals surface area contributed by atoms with Gasteiger partial charge in [-0.15, -0.1) is 0 Å². The summed E-state index contributed by atoms with van der Waals surface area (Å²) in [5.41, 5.74) is 5.21. The van der Waals surface area contributed by atoms with Crippen LogP contribution in [-0.2, 0) is 4.84 Å². The number of urea groups is 1. The van der Waals surface area contributed by atoms with Gasteiger partial charge in [-0.25, -0.2) is 29.1 Å². The van der Waals surface area contributed by atoms with Crippen molar-refractivity contribution in [2.75, 3.05) is 17.2 Å². The lowest BCUT2D eigenvalue weighted by Crippen LogP contribution is -2.33. The molecule has 1 aliphatic heterocycles. The molecule has 0 unspecified atom stereocenters. The minimum atomic E-state index is -0.455. The number of aryl methyl sites for hydroxylation is 1. The molecule has 0 bridgehead atoms. The maximum atomic E-state index is 13.8. The standard InChI is InChI=1S/C27H22ClFN8O2/c1-15-5-6-19(35-27(38)37-22(7-8-39-37)16-3-2-4-18(29)9-16)11-21(15)36-25-20(10-17(28)12-30-25)23-24-26(33-13-31-23)34-14-32-24/h2-6,9-14,22H,7-8H2,1H3,(H,30,36)(H,35,38)(H,31,32,33,34)/t22-/m1/s1. The van der Waals surface area contributed by atoms with Gasteiger partial charge in [0.15, 0.2) is 5.65 Å². The molecule has 6 rings (SSSR count). The third-order valence-corrected chi connectivity index (χ3v) is 6.61. The van der Waals surface area contributed by atoms with Crippen molar-refractivity contribution in [2.45, 2.75) is 19.4 Å². The summed E-state index contributed by atoms with van der Waals surface area (Å²) in [5, 5.41) is 7.91. The minimum Gasteiger partial charge on any atom is -0.339 e. The van der Waals surface area contributed by atoms with Crippen LogP contribution in [0.3, 0.4) is 0 Å². The lowest BCUT2D eigenvalue weighted by Gasteiger charge is -2.23. The van der Waals surface area contributed by atoms with Crippen LogP contribution >= 0.6 is 11.6 Å². The van der Waals surface area contributed by atoms with Gasteiger partial charge in [0.25, 0.3) is 0 Å². The Hall–Kier alpha value is -4.61. The molecule has 10 nitrogen and oxygen atoms in total. The SMILES string of the molecule is Cc1ccc(NC(=O)N2OCC[C@@H]2c2cccc(F)c2)cc1Nc1ncc(Cl)cc1-c1ncnc2[nH]cnc12. The van der Waals surface area contributed by atoms with Crippen molar-refractivity contribution in [3.63, 3.8) is 0 Å². The number of nitrogens with one attached hydrogen (secondary N) is 3. The number of hydrogen-bond donors (Lipinski definition) is 3. The fraction of sp³-hybridized carbons (Fsp3) is 0.148. The molecule has 0 saturated carbocycles. The van der Waals surface area contributed by atoms with Crippen molar-refractivity contribution >= 4 is 46.0 Å². The average Bonchev–Trinajstić information content (AvgIpc) is 3.62. The second kappa shape index (κ2) is 10.3. The number of hydrogen-bond acceptors (Lipinski definition) is 7. The quantitative estimate of drug-likeness (QED) is 0.242. The van der Waals surface area contributed by atoms with E-state index in [0.717, 1.165) is 5.56 Å². The number of aromatic nitrogens is 5. The summed E-state index contributed by atoms with van der Waals surface area (Å²) in [6, 6.07) is 12.6. The van der Waals surface area contributed by atoms with Gasteiger partial charge in [-0.2, -0.15) is 5.06 Å². The predicted octanol–water partition coefficient (Wildman–Crippen LogP) is 6.17. The van der Waals surface area contributed by atoms with Gasteiger partial charge in [-0.1, -0.05) is 29.8 Å². The smallest absolute Gasteiger partial charge is 0.339 e. The number of carbonyl (C=O) groups is 1. The molecular formula is C27H22ClFN8O2. The highest BCUT2D eigenvalue weighted by molar-refractivity contribution is 6.30. The van der Waals surface area contributed by atoms with Crippen molar-refractivity contribution < 1.29 is 14.0 Å². The Morgan fingerprint density at radius 3 is 2.92 bits per heavy atom. The lowest BCUT2D eigenvalue weighted by atomic mass is 10.0. The fourth-order valence-corrected chi connectivity index (χ4v) is 4.67. The van der Waals surface area contributed by atoms with Gasteiger partial charge in [0.1, 0.15) is 29.2 Å². The second-order valence-corrected chi connectivity index (χ2v) is 9.41. The highest BCUT2D eigenvalue weighted by Gasteiger charge is 2.32. The van der Waals surface area contributed by atoms with Crippen LogP contribution in [-0.4, -0.2) is 42.6 Å². The monoisotopic (exact) mass is 544 g/mol. The zero-order valence-corrected chi connectivity index (χ0v) is 21.4. The fourth-order valence-electron chi connectivity index (χ4n) is 4.51. The van der Waals surface area contributed by atoms with E-state index < -0.39 is 12.1 Å². The maximum Gasteiger partial charge on any atom is 0.346 e. The van der Waals surface area contributed by atoms with E-state index in [9.17, 15) is 9.18 Å². The summed E-state index contributed by atoms with van der Waals surface area (Å²) in [6.45, 7) is 2.29. The molecular weight excluding hydrogens is 523 g/mol. The summed E-state index contributed by atoms with van der Waals surface area (Å²) >= 11 is 6.29. The van der Waals surface area contributed by atoms with Gasteiger partial charge in [0.2, 0.25) is 0 Å². The van der Waals surface area contributed by atoms with Crippen LogP contribution in [0.15, 0.2) is 67.4 Å². The van der Waals surface area contributed by atoms with Crippen molar-refractivity contribution in [3.8, 4) is 11.3 Å². The molecule has 12 heteroatoms. The number of hydroxylamine groups is 2. The Morgan fingerprint density at radius 2 is 2.05 bits per heavy atom. The molecule has 1 atom stereocenters. The van der Waals surface area contributed by atoms with Gasteiger partial charge in [-0.05, 0) is 48.4 Å². The Morgan fingerprint density at radius 1 is 1.15 bits per heavy atom. The van der Waals surface area contributed by atoms with Crippen LogP contribution in [0, 0.1) is 12.7 Å². The van der Waals surface area contributed by atoms with Crippen LogP contribution in [0.4, 0.5) is 26.4 Å². The van der Waals surface area contributed by atoms with Gasteiger partial charge in [-0.3, -0.25) is 4.84 Å². The molecule has 1 aliphatic rings. The molecule has 0 spiro atoms. The van der Waals surface area contributed by atoms with E-state index >= 15 is 0 Å². The second-order valence-electron chi connectivity index (χ2n) is 8.98. The van der Waals surface area contributed by atoms with Crippen molar-refractivity contribution in [1.82, 2.24) is 30.0 Å². The molecule has 2 amide bonds. The number of benzene rings is 2. The normalized spacial score (nSPS) is 15.1. The van der Waals surface area contributed by atoms with E-state index in [0.29, 0.717) is 63.2 Å². The molecule has 39 heavy (non-hydrogen) atoms. The molecule has 3 N–H and O–H groups in total. The highest BCUT2D eigenvalue weighted by atomic mass is 35.5.